The largest absolute Gasteiger partial charge is 0.455 e. The van der Waals surface area contributed by atoms with Crippen molar-refractivity contribution < 1.29 is 19.1 Å². The predicted octanol–water partition coefficient (Wildman–Crippen LogP) is 3.44. The highest BCUT2D eigenvalue weighted by molar-refractivity contribution is 6.03. The van der Waals surface area contributed by atoms with Crippen LogP contribution in [0.4, 0.5) is 10.6 Å². The molecular formula is C22H26N6O4. The molecule has 0 bridgehead atoms. The van der Waals surface area contributed by atoms with Gasteiger partial charge in [0.2, 0.25) is 0 Å². The van der Waals surface area contributed by atoms with E-state index >= 15 is 0 Å². The lowest BCUT2D eigenvalue weighted by Gasteiger charge is -2.22. The number of urea groups is 1. The van der Waals surface area contributed by atoms with Gasteiger partial charge in [-0.25, -0.2) is 9.78 Å². The molecule has 0 aliphatic rings. The molecule has 0 saturated heterocycles. The molecule has 3 rings (SSSR count). The highest BCUT2D eigenvalue weighted by Crippen LogP contribution is 2.27. The minimum Gasteiger partial charge on any atom is -0.455 e. The summed E-state index contributed by atoms with van der Waals surface area (Å²) in [6.07, 6.45) is 5.25. The second kappa shape index (κ2) is 9.56. The third-order valence-electron chi connectivity index (χ3n) is 4.52. The Hall–Kier alpha value is -3.79. The van der Waals surface area contributed by atoms with Gasteiger partial charge in [-0.1, -0.05) is 0 Å². The van der Waals surface area contributed by atoms with Gasteiger partial charge >= 0.3 is 6.03 Å². The number of anilines is 1. The number of ether oxygens (including phenoxy) is 2. The van der Waals surface area contributed by atoms with Crippen LogP contribution in [0.1, 0.15) is 26.5 Å². The van der Waals surface area contributed by atoms with E-state index in [1.807, 2.05) is 19.3 Å². The van der Waals surface area contributed by atoms with Crippen LogP contribution < -0.4 is 15.4 Å². The summed E-state index contributed by atoms with van der Waals surface area (Å²) in [5.41, 5.74) is 1.05. The fourth-order valence-corrected chi connectivity index (χ4v) is 2.87. The van der Waals surface area contributed by atoms with Crippen molar-refractivity contribution in [3.63, 3.8) is 0 Å². The Morgan fingerprint density at radius 3 is 2.66 bits per heavy atom. The van der Waals surface area contributed by atoms with E-state index in [1.54, 1.807) is 63.0 Å². The molecular weight excluding hydrogens is 412 g/mol. The molecule has 168 valence electrons. The Bertz CT molecular complexity index is 1130. The quantitative estimate of drug-likeness (QED) is 0.580. The van der Waals surface area contributed by atoms with Gasteiger partial charge in [-0.2, -0.15) is 5.10 Å². The van der Waals surface area contributed by atoms with Gasteiger partial charge in [-0.05, 0) is 45.9 Å². The summed E-state index contributed by atoms with van der Waals surface area (Å²) in [6, 6.07) is 6.13. The third kappa shape index (κ3) is 5.67. The van der Waals surface area contributed by atoms with E-state index in [-0.39, 0.29) is 5.82 Å². The molecule has 0 atom stereocenters. The molecule has 3 aromatic rings. The van der Waals surface area contributed by atoms with Gasteiger partial charge < -0.3 is 9.47 Å². The van der Waals surface area contributed by atoms with Gasteiger partial charge in [0.1, 0.15) is 22.9 Å². The van der Waals surface area contributed by atoms with E-state index in [0.29, 0.717) is 23.8 Å². The van der Waals surface area contributed by atoms with Crippen molar-refractivity contribution in [1.82, 2.24) is 25.1 Å². The SMILES string of the molecule is CCOC(C)(C)C(=O)NC(=O)Nc1ccc(Oc2ccnc(-c3cnn(C)c3)c2)c(C)n1. The molecule has 32 heavy (non-hydrogen) atoms. The number of nitrogens with one attached hydrogen (secondary N) is 2. The number of hydrogen-bond acceptors (Lipinski definition) is 7. The summed E-state index contributed by atoms with van der Waals surface area (Å²) in [5, 5.41) is 8.94. The number of aromatic nitrogens is 4. The van der Waals surface area contributed by atoms with E-state index in [9.17, 15) is 9.59 Å². The smallest absolute Gasteiger partial charge is 0.327 e. The van der Waals surface area contributed by atoms with Crippen LogP contribution in [-0.4, -0.2) is 43.9 Å². The van der Waals surface area contributed by atoms with E-state index in [2.05, 4.69) is 25.7 Å². The average Bonchev–Trinajstić information content (AvgIpc) is 3.16. The van der Waals surface area contributed by atoms with Gasteiger partial charge in [0.15, 0.2) is 0 Å². The highest BCUT2D eigenvalue weighted by atomic mass is 16.5. The van der Waals surface area contributed by atoms with E-state index in [1.165, 1.54) is 0 Å². The summed E-state index contributed by atoms with van der Waals surface area (Å²) in [7, 11) is 1.84. The van der Waals surface area contributed by atoms with Crippen LogP contribution in [0, 0.1) is 6.92 Å². The van der Waals surface area contributed by atoms with Crippen molar-refractivity contribution >= 4 is 17.8 Å². The molecule has 3 amide bonds. The van der Waals surface area contributed by atoms with E-state index < -0.39 is 17.5 Å². The number of carbonyl (C=O) groups is 2. The molecule has 2 N–H and O–H groups in total. The second-order valence-electron chi connectivity index (χ2n) is 7.51. The summed E-state index contributed by atoms with van der Waals surface area (Å²) in [5.74, 6) is 0.842. The van der Waals surface area contributed by atoms with E-state index in [0.717, 1.165) is 11.3 Å². The molecule has 0 radical (unpaired) electrons. The number of carbonyl (C=O) groups excluding carboxylic acids is 2. The number of imide groups is 1. The van der Waals surface area contributed by atoms with E-state index in [4.69, 9.17) is 9.47 Å². The van der Waals surface area contributed by atoms with Crippen LogP contribution in [0.2, 0.25) is 0 Å². The van der Waals surface area contributed by atoms with Crippen molar-refractivity contribution in [2.45, 2.75) is 33.3 Å². The average molecular weight is 438 g/mol. The van der Waals surface area contributed by atoms with Crippen molar-refractivity contribution in [3.8, 4) is 22.8 Å². The van der Waals surface area contributed by atoms with Gasteiger partial charge in [0, 0.05) is 37.7 Å². The summed E-state index contributed by atoms with van der Waals surface area (Å²) < 4.78 is 13.0. The van der Waals surface area contributed by atoms with Crippen molar-refractivity contribution in [1.29, 1.82) is 0 Å². The second-order valence-corrected chi connectivity index (χ2v) is 7.51. The molecule has 0 aliphatic carbocycles. The third-order valence-corrected chi connectivity index (χ3v) is 4.52. The van der Waals surface area contributed by atoms with Gasteiger partial charge in [-0.15, -0.1) is 0 Å². The molecule has 10 nitrogen and oxygen atoms in total. The molecule has 0 fully saturated rings. The van der Waals surface area contributed by atoms with Crippen LogP contribution in [0.25, 0.3) is 11.3 Å². The fourth-order valence-electron chi connectivity index (χ4n) is 2.87. The molecule has 0 aromatic carbocycles. The Balaban J connectivity index is 1.66. The maximum atomic E-state index is 12.2. The summed E-state index contributed by atoms with van der Waals surface area (Å²) >= 11 is 0. The molecule has 3 heterocycles. The number of amides is 3. The standard InChI is InChI=1S/C22H26N6O4/c1-6-31-22(3,4)20(29)27-21(30)26-19-8-7-18(14(2)25-19)32-16-9-10-23-17(11-16)15-12-24-28(5)13-15/h7-13H,6H2,1-5H3,(H2,25,26,27,29,30). The number of nitrogens with zero attached hydrogens (tertiary/aromatic N) is 4. The van der Waals surface area contributed by atoms with Crippen LogP contribution >= 0.6 is 0 Å². The van der Waals surface area contributed by atoms with Gasteiger partial charge in [-0.3, -0.25) is 25.1 Å². The summed E-state index contributed by atoms with van der Waals surface area (Å²) in [6.45, 7) is 7.06. The molecule has 10 heteroatoms. The molecule has 0 aliphatic heterocycles. The maximum Gasteiger partial charge on any atom is 0.327 e. The number of rotatable bonds is 7. The number of pyridine rings is 2. The zero-order chi connectivity index (χ0) is 23.3. The predicted molar refractivity (Wildman–Crippen MR) is 118 cm³/mol. The van der Waals surface area contributed by atoms with Crippen LogP contribution in [0.5, 0.6) is 11.5 Å². The molecule has 3 aromatic heterocycles. The monoisotopic (exact) mass is 438 g/mol. The van der Waals surface area contributed by atoms with Gasteiger partial charge in [0.05, 0.1) is 17.6 Å². The Kier molecular flexibility index (Phi) is 6.84. The van der Waals surface area contributed by atoms with Gasteiger partial charge in [0.25, 0.3) is 5.91 Å². The van der Waals surface area contributed by atoms with Crippen LogP contribution in [0.15, 0.2) is 42.9 Å². The fraction of sp³-hybridized carbons (Fsp3) is 0.318. The first-order valence-electron chi connectivity index (χ1n) is 10.0. The van der Waals surface area contributed by atoms with Crippen molar-refractivity contribution in [3.05, 3.63) is 48.5 Å². The van der Waals surface area contributed by atoms with Crippen molar-refractivity contribution in [2.24, 2.45) is 7.05 Å². The molecule has 0 unspecified atom stereocenters. The van der Waals surface area contributed by atoms with Crippen LogP contribution in [-0.2, 0) is 16.6 Å². The van der Waals surface area contributed by atoms with Crippen LogP contribution in [0.3, 0.4) is 0 Å². The number of hydrogen-bond donors (Lipinski definition) is 2. The first-order chi connectivity index (χ1) is 15.2. The Labute approximate surface area is 186 Å². The maximum absolute atomic E-state index is 12.2. The van der Waals surface area contributed by atoms with Crippen molar-refractivity contribution in [2.75, 3.05) is 11.9 Å². The normalized spacial score (nSPS) is 11.2. The zero-order valence-electron chi connectivity index (χ0n) is 18.7. The molecule has 0 saturated carbocycles. The lowest BCUT2D eigenvalue weighted by molar-refractivity contribution is -0.140. The highest BCUT2D eigenvalue weighted by Gasteiger charge is 2.29. The lowest BCUT2D eigenvalue weighted by atomic mass is 10.1. The summed E-state index contributed by atoms with van der Waals surface area (Å²) in [4.78, 5) is 33.0. The first kappa shape index (κ1) is 22.9. The zero-order valence-corrected chi connectivity index (χ0v) is 18.7. The lowest BCUT2D eigenvalue weighted by Crippen LogP contribution is -2.48. The minimum absolute atomic E-state index is 0.278. The molecule has 0 spiro atoms. The topological polar surface area (TPSA) is 120 Å². The Morgan fingerprint density at radius 1 is 1.22 bits per heavy atom. The number of aryl methyl sites for hydroxylation is 2. The minimum atomic E-state index is -1.12. The first-order valence-corrected chi connectivity index (χ1v) is 10.0. The Morgan fingerprint density at radius 2 is 2.00 bits per heavy atom.